The van der Waals surface area contributed by atoms with Gasteiger partial charge in [0.15, 0.2) is 0 Å². The van der Waals surface area contributed by atoms with Gasteiger partial charge in [-0.2, -0.15) is 0 Å². The molecule has 1 rings (SSSR count). The Balaban J connectivity index is 2.75. The minimum atomic E-state index is 1.17. The van der Waals surface area contributed by atoms with Crippen molar-refractivity contribution in [3.8, 4) is 0 Å². The van der Waals surface area contributed by atoms with E-state index >= 15 is 0 Å². The van der Waals surface area contributed by atoms with Crippen molar-refractivity contribution in [1.82, 2.24) is 0 Å². The van der Waals surface area contributed by atoms with Crippen molar-refractivity contribution in [1.29, 1.82) is 0 Å². The molecule has 1 aromatic rings. The Bertz CT molecular complexity index is 210. The van der Waals surface area contributed by atoms with Crippen molar-refractivity contribution < 1.29 is 0 Å². The molecule has 0 fully saturated rings. The van der Waals surface area contributed by atoms with Gasteiger partial charge in [-0.05, 0) is 24.6 Å². The number of rotatable bonds is 2. The van der Waals surface area contributed by atoms with E-state index in [0.717, 1.165) is 0 Å². The van der Waals surface area contributed by atoms with E-state index < -0.39 is 0 Å². The molecule has 0 saturated heterocycles. The summed E-state index contributed by atoms with van der Waals surface area (Å²) in [6.07, 6.45) is 2.02. The summed E-state index contributed by atoms with van der Waals surface area (Å²) in [5.41, 5.74) is 2.46. The Hall–Kier alpha value is -0.630. The fourth-order valence-corrected chi connectivity index (χ4v) is 1.19. The molecule has 0 aliphatic heterocycles. The quantitative estimate of drug-likeness (QED) is 0.655. The fraction of sp³-hybridized carbons (Fsp3) is 0.250. The first-order chi connectivity index (χ1) is 4.83. The average Bonchev–Trinajstić information content (AvgIpc) is 1.88. The van der Waals surface area contributed by atoms with Crippen molar-refractivity contribution in [2.45, 2.75) is 6.92 Å². The van der Waals surface area contributed by atoms with Crippen LogP contribution >= 0.6 is 11.9 Å². The molecule has 0 amide bonds. The summed E-state index contributed by atoms with van der Waals surface area (Å²) in [6.45, 7) is 2.09. The molecule has 0 aliphatic carbocycles. The predicted octanol–water partition coefficient (Wildman–Crippen LogP) is 2.68. The average molecular weight is 153 g/mol. The molecule has 1 nitrogen and oxygen atoms in total. The minimum Gasteiger partial charge on any atom is -0.330 e. The first kappa shape index (κ1) is 7.48. The van der Waals surface area contributed by atoms with E-state index in [1.54, 1.807) is 11.9 Å². The van der Waals surface area contributed by atoms with Gasteiger partial charge in [0, 0.05) is 11.9 Å². The molecule has 0 radical (unpaired) electrons. The van der Waals surface area contributed by atoms with Crippen LogP contribution in [0.3, 0.4) is 0 Å². The van der Waals surface area contributed by atoms with E-state index in [2.05, 4.69) is 29.8 Å². The molecule has 2 heteroatoms. The molecule has 0 aliphatic rings. The molecule has 0 unspecified atom stereocenters. The van der Waals surface area contributed by atoms with Gasteiger partial charge in [0.2, 0.25) is 0 Å². The highest BCUT2D eigenvalue weighted by Crippen LogP contribution is 2.11. The van der Waals surface area contributed by atoms with Crippen molar-refractivity contribution in [3.63, 3.8) is 0 Å². The van der Waals surface area contributed by atoms with Crippen LogP contribution in [0.1, 0.15) is 5.56 Å². The number of anilines is 1. The fourth-order valence-electron chi connectivity index (χ4n) is 0.826. The molecule has 0 spiro atoms. The monoisotopic (exact) mass is 153 g/mol. The zero-order valence-electron chi connectivity index (χ0n) is 6.22. The minimum absolute atomic E-state index is 1.17. The molecule has 0 saturated carbocycles. The van der Waals surface area contributed by atoms with Crippen molar-refractivity contribution in [3.05, 3.63) is 29.8 Å². The van der Waals surface area contributed by atoms with E-state index in [0.29, 0.717) is 0 Å². The van der Waals surface area contributed by atoms with E-state index in [4.69, 9.17) is 0 Å². The molecule has 1 N–H and O–H groups in total. The van der Waals surface area contributed by atoms with Gasteiger partial charge in [-0.25, -0.2) is 0 Å². The van der Waals surface area contributed by atoms with Gasteiger partial charge >= 0.3 is 0 Å². The van der Waals surface area contributed by atoms with E-state index in [1.165, 1.54) is 11.3 Å². The Morgan fingerprint density at radius 3 is 2.80 bits per heavy atom. The Labute approximate surface area is 66.0 Å². The first-order valence-corrected chi connectivity index (χ1v) is 4.41. The standard InChI is InChI=1S/C8H11NS/c1-7-4-3-5-8(6-7)9-10-2/h3-6,9H,1-2H3. The van der Waals surface area contributed by atoms with E-state index in [1.807, 2.05) is 12.3 Å². The lowest BCUT2D eigenvalue weighted by atomic mass is 10.2. The van der Waals surface area contributed by atoms with Gasteiger partial charge in [-0.15, -0.1) is 0 Å². The van der Waals surface area contributed by atoms with E-state index in [9.17, 15) is 0 Å². The lowest BCUT2D eigenvalue weighted by Gasteiger charge is -2.01. The van der Waals surface area contributed by atoms with Crippen LogP contribution in [0.2, 0.25) is 0 Å². The van der Waals surface area contributed by atoms with Crippen LogP contribution in [0.4, 0.5) is 5.69 Å². The van der Waals surface area contributed by atoms with Crippen LogP contribution in [-0.4, -0.2) is 6.26 Å². The molecule has 10 heavy (non-hydrogen) atoms. The van der Waals surface area contributed by atoms with Gasteiger partial charge in [-0.3, -0.25) is 0 Å². The summed E-state index contributed by atoms with van der Waals surface area (Å²) in [6, 6.07) is 8.32. The van der Waals surface area contributed by atoms with Gasteiger partial charge < -0.3 is 4.72 Å². The third-order valence-electron chi connectivity index (χ3n) is 1.24. The van der Waals surface area contributed by atoms with Crippen LogP contribution in [-0.2, 0) is 0 Å². The normalized spacial score (nSPS) is 9.40. The number of benzene rings is 1. The first-order valence-electron chi connectivity index (χ1n) is 3.18. The summed E-state index contributed by atoms with van der Waals surface area (Å²) >= 11 is 1.61. The third-order valence-corrected chi connectivity index (χ3v) is 1.68. The molecule has 0 heterocycles. The van der Waals surface area contributed by atoms with Gasteiger partial charge in [0.1, 0.15) is 0 Å². The molecular formula is C8H11NS. The molecule has 0 bridgehead atoms. The second kappa shape index (κ2) is 3.52. The van der Waals surface area contributed by atoms with Crippen molar-refractivity contribution >= 4 is 17.6 Å². The smallest absolute Gasteiger partial charge is 0.0442 e. The third kappa shape index (κ3) is 1.95. The number of nitrogens with one attached hydrogen (secondary N) is 1. The summed E-state index contributed by atoms with van der Waals surface area (Å²) < 4.78 is 3.16. The van der Waals surface area contributed by atoms with E-state index in [-0.39, 0.29) is 0 Å². The maximum Gasteiger partial charge on any atom is 0.0442 e. The maximum atomic E-state index is 3.16. The molecule has 1 aromatic carbocycles. The zero-order chi connectivity index (χ0) is 7.40. The Morgan fingerprint density at radius 1 is 1.40 bits per heavy atom. The Kier molecular flexibility index (Phi) is 2.63. The Morgan fingerprint density at radius 2 is 2.20 bits per heavy atom. The predicted molar refractivity (Wildman–Crippen MR) is 48.3 cm³/mol. The highest BCUT2D eigenvalue weighted by Gasteiger charge is 1.87. The molecule has 0 atom stereocenters. The summed E-state index contributed by atoms with van der Waals surface area (Å²) in [5.74, 6) is 0. The molecular weight excluding hydrogens is 142 g/mol. The number of hydrogen-bond donors (Lipinski definition) is 1. The van der Waals surface area contributed by atoms with Crippen LogP contribution in [0.25, 0.3) is 0 Å². The van der Waals surface area contributed by atoms with Crippen LogP contribution in [0.15, 0.2) is 24.3 Å². The van der Waals surface area contributed by atoms with Crippen molar-refractivity contribution in [2.24, 2.45) is 0 Å². The van der Waals surface area contributed by atoms with Crippen LogP contribution < -0.4 is 4.72 Å². The summed E-state index contributed by atoms with van der Waals surface area (Å²) in [7, 11) is 0. The van der Waals surface area contributed by atoms with Gasteiger partial charge in [0.25, 0.3) is 0 Å². The summed E-state index contributed by atoms with van der Waals surface area (Å²) in [4.78, 5) is 0. The molecule has 0 aromatic heterocycles. The largest absolute Gasteiger partial charge is 0.330 e. The summed E-state index contributed by atoms with van der Waals surface area (Å²) in [5, 5.41) is 0. The van der Waals surface area contributed by atoms with Gasteiger partial charge in [-0.1, -0.05) is 24.1 Å². The maximum absolute atomic E-state index is 3.16. The second-order valence-corrected chi connectivity index (χ2v) is 2.79. The highest BCUT2D eigenvalue weighted by molar-refractivity contribution is 7.99. The zero-order valence-corrected chi connectivity index (χ0v) is 7.03. The van der Waals surface area contributed by atoms with Crippen molar-refractivity contribution in [2.75, 3.05) is 11.0 Å². The van der Waals surface area contributed by atoms with Crippen LogP contribution in [0.5, 0.6) is 0 Å². The lowest BCUT2D eigenvalue weighted by molar-refractivity contribution is 1.47. The number of aryl methyl sites for hydroxylation is 1. The second-order valence-electron chi connectivity index (χ2n) is 2.18. The highest BCUT2D eigenvalue weighted by atomic mass is 32.2. The van der Waals surface area contributed by atoms with Gasteiger partial charge in [0.05, 0.1) is 0 Å². The SMILES string of the molecule is CSNc1cccc(C)c1. The number of hydrogen-bond acceptors (Lipinski definition) is 2. The lowest BCUT2D eigenvalue weighted by Crippen LogP contribution is -1.83. The van der Waals surface area contributed by atoms with Crippen LogP contribution in [0, 0.1) is 6.92 Å². The topological polar surface area (TPSA) is 12.0 Å². The molecule has 54 valence electrons.